The van der Waals surface area contributed by atoms with Gasteiger partial charge in [0.1, 0.15) is 0 Å². The Balaban J connectivity index is 1.55. The molecule has 8 nitrogen and oxygen atoms in total. The summed E-state index contributed by atoms with van der Waals surface area (Å²) in [5.74, 6) is 2.50. The maximum atomic E-state index is 5.58. The standard InChI is InChI=1S/C21H37N7O/c1-4-18(5-2)19(26-13-15-29-16-14-26)17-25-20(22-3)27-9-11-28(12-10-27)21-23-7-6-8-24-21/h6-8,18-19H,4-5,9-17H2,1-3H3,(H,22,25). The average Bonchev–Trinajstić information content (AvgIpc) is 2.80. The van der Waals surface area contributed by atoms with E-state index in [-0.39, 0.29) is 0 Å². The summed E-state index contributed by atoms with van der Waals surface area (Å²) >= 11 is 0. The molecule has 2 saturated heterocycles. The molecular formula is C21H37N7O. The first kappa shape index (κ1) is 21.8. The maximum Gasteiger partial charge on any atom is 0.225 e. The second-order valence-corrected chi connectivity index (χ2v) is 7.74. The molecule has 3 rings (SSSR count). The molecule has 8 heteroatoms. The summed E-state index contributed by atoms with van der Waals surface area (Å²) < 4.78 is 5.58. The molecule has 0 saturated carbocycles. The van der Waals surface area contributed by atoms with E-state index in [1.54, 1.807) is 12.4 Å². The predicted octanol–water partition coefficient (Wildman–Crippen LogP) is 1.31. The lowest BCUT2D eigenvalue weighted by atomic mass is 9.92. The molecule has 162 valence electrons. The molecule has 29 heavy (non-hydrogen) atoms. The summed E-state index contributed by atoms with van der Waals surface area (Å²) in [6.45, 7) is 12.9. The number of morpholine rings is 1. The first-order valence-electron chi connectivity index (χ1n) is 11.1. The van der Waals surface area contributed by atoms with E-state index in [2.05, 4.69) is 48.8 Å². The van der Waals surface area contributed by atoms with Crippen LogP contribution in [0.25, 0.3) is 0 Å². The van der Waals surface area contributed by atoms with Crippen molar-refractivity contribution in [2.75, 3.05) is 71.0 Å². The molecule has 1 N–H and O–H groups in total. The second-order valence-electron chi connectivity index (χ2n) is 7.74. The van der Waals surface area contributed by atoms with Gasteiger partial charge in [-0.05, 0) is 12.0 Å². The highest BCUT2D eigenvalue weighted by atomic mass is 16.5. The van der Waals surface area contributed by atoms with Gasteiger partial charge in [0, 0.05) is 71.3 Å². The number of hydrogen-bond donors (Lipinski definition) is 1. The molecule has 2 aliphatic heterocycles. The zero-order valence-electron chi connectivity index (χ0n) is 18.3. The van der Waals surface area contributed by atoms with Gasteiger partial charge in [-0.25, -0.2) is 9.97 Å². The SMILES string of the molecule is CCC(CC)C(CNC(=NC)N1CCN(c2ncccn2)CC1)N1CCOCC1. The largest absolute Gasteiger partial charge is 0.379 e. The minimum atomic E-state index is 0.518. The quantitative estimate of drug-likeness (QED) is 0.544. The fraction of sp³-hybridized carbons (Fsp3) is 0.762. The maximum absolute atomic E-state index is 5.58. The van der Waals surface area contributed by atoms with Gasteiger partial charge in [-0.15, -0.1) is 0 Å². The molecule has 0 spiro atoms. The molecule has 2 fully saturated rings. The minimum absolute atomic E-state index is 0.518. The van der Waals surface area contributed by atoms with Crippen molar-refractivity contribution in [3.05, 3.63) is 18.5 Å². The van der Waals surface area contributed by atoms with Gasteiger partial charge in [0.05, 0.1) is 13.2 Å². The van der Waals surface area contributed by atoms with Crippen LogP contribution < -0.4 is 10.2 Å². The van der Waals surface area contributed by atoms with Crippen molar-refractivity contribution in [3.8, 4) is 0 Å². The average molecular weight is 404 g/mol. The van der Waals surface area contributed by atoms with Crippen molar-refractivity contribution < 1.29 is 4.74 Å². The number of hydrogen-bond acceptors (Lipinski definition) is 6. The number of rotatable bonds is 7. The van der Waals surface area contributed by atoms with Crippen LogP contribution in [0.4, 0.5) is 5.95 Å². The summed E-state index contributed by atoms with van der Waals surface area (Å²) in [6, 6.07) is 2.38. The molecule has 1 aromatic rings. The molecular weight excluding hydrogens is 366 g/mol. The van der Waals surface area contributed by atoms with Crippen LogP contribution in [0, 0.1) is 5.92 Å². The number of piperazine rings is 1. The lowest BCUT2D eigenvalue weighted by molar-refractivity contribution is 0.00259. The van der Waals surface area contributed by atoms with Gasteiger partial charge >= 0.3 is 0 Å². The summed E-state index contributed by atoms with van der Waals surface area (Å²) in [7, 11) is 1.88. The fourth-order valence-electron chi connectivity index (χ4n) is 4.44. The molecule has 1 aromatic heterocycles. The molecule has 0 aromatic carbocycles. The third kappa shape index (κ3) is 5.79. The highest BCUT2D eigenvalue weighted by molar-refractivity contribution is 5.80. The zero-order chi connectivity index (χ0) is 20.5. The lowest BCUT2D eigenvalue weighted by Gasteiger charge is -2.40. The monoisotopic (exact) mass is 403 g/mol. The van der Waals surface area contributed by atoms with Crippen LogP contribution in [-0.4, -0.2) is 97.8 Å². The van der Waals surface area contributed by atoms with Gasteiger partial charge < -0.3 is 19.9 Å². The lowest BCUT2D eigenvalue weighted by Crippen LogP contribution is -2.56. The Morgan fingerprint density at radius 1 is 1.07 bits per heavy atom. The number of nitrogens with one attached hydrogen (secondary N) is 1. The van der Waals surface area contributed by atoms with E-state index in [1.807, 2.05) is 13.1 Å². The van der Waals surface area contributed by atoms with Crippen LogP contribution in [0.2, 0.25) is 0 Å². The number of guanidine groups is 1. The number of nitrogens with zero attached hydrogens (tertiary/aromatic N) is 6. The van der Waals surface area contributed by atoms with Crippen LogP contribution in [0.5, 0.6) is 0 Å². The highest BCUT2D eigenvalue weighted by Gasteiger charge is 2.28. The Morgan fingerprint density at radius 2 is 1.72 bits per heavy atom. The summed E-state index contributed by atoms with van der Waals surface area (Å²) in [6.07, 6.45) is 6.01. The number of aromatic nitrogens is 2. The topological polar surface area (TPSA) is 69.1 Å². The minimum Gasteiger partial charge on any atom is -0.379 e. The van der Waals surface area contributed by atoms with E-state index in [1.165, 1.54) is 12.8 Å². The van der Waals surface area contributed by atoms with Gasteiger partial charge in [-0.2, -0.15) is 0 Å². The molecule has 3 heterocycles. The smallest absolute Gasteiger partial charge is 0.225 e. The predicted molar refractivity (Wildman–Crippen MR) is 117 cm³/mol. The van der Waals surface area contributed by atoms with Gasteiger partial charge in [0.25, 0.3) is 0 Å². The van der Waals surface area contributed by atoms with Crippen molar-refractivity contribution >= 4 is 11.9 Å². The van der Waals surface area contributed by atoms with Crippen LogP contribution in [0.3, 0.4) is 0 Å². The van der Waals surface area contributed by atoms with Crippen molar-refractivity contribution in [1.29, 1.82) is 0 Å². The first-order valence-corrected chi connectivity index (χ1v) is 11.1. The zero-order valence-corrected chi connectivity index (χ0v) is 18.3. The van der Waals surface area contributed by atoms with E-state index < -0.39 is 0 Å². The Hall–Kier alpha value is -1.93. The number of aliphatic imine (C=N–C) groups is 1. The molecule has 0 bridgehead atoms. The molecule has 2 aliphatic rings. The normalized spacial score (nSPS) is 20.2. The third-order valence-electron chi connectivity index (χ3n) is 6.20. The second kappa shape index (κ2) is 11.3. The summed E-state index contributed by atoms with van der Waals surface area (Å²) in [5, 5.41) is 3.68. The van der Waals surface area contributed by atoms with Crippen molar-refractivity contribution in [1.82, 2.24) is 25.1 Å². The van der Waals surface area contributed by atoms with Gasteiger partial charge in [-0.3, -0.25) is 9.89 Å². The number of anilines is 1. The Morgan fingerprint density at radius 3 is 2.31 bits per heavy atom. The van der Waals surface area contributed by atoms with Crippen LogP contribution in [-0.2, 0) is 4.74 Å². The van der Waals surface area contributed by atoms with Crippen LogP contribution in [0.15, 0.2) is 23.5 Å². The Kier molecular flexibility index (Phi) is 8.49. The molecule has 0 radical (unpaired) electrons. The van der Waals surface area contributed by atoms with Crippen molar-refractivity contribution in [3.63, 3.8) is 0 Å². The Bertz CT molecular complexity index is 609. The van der Waals surface area contributed by atoms with Crippen molar-refractivity contribution in [2.45, 2.75) is 32.7 Å². The molecule has 0 aliphatic carbocycles. The van der Waals surface area contributed by atoms with Gasteiger partial charge in [-0.1, -0.05) is 26.7 Å². The van der Waals surface area contributed by atoms with E-state index in [9.17, 15) is 0 Å². The van der Waals surface area contributed by atoms with Crippen LogP contribution >= 0.6 is 0 Å². The van der Waals surface area contributed by atoms with E-state index in [0.29, 0.717) is 12.0 Å². The first-order chi connectivity index (χ1) is 14.3. The summed E-state index contributed by atoms with van der Waals surface area (Å²) in [4.78, 5) is 20.5. The van der Waals surface area contributed by atoms with E-state index >= 15 is 0 Å². The Labute approximate surface area is 175 Å². The molecule has 0 amide bonds. The highest BCUT2D eigenvalue weighted by Crippen LogP contribution is 2.20. The van der Waals surface area contributed by atoms with Gasteiger partial charge in [0.2, 0.25) is 5.95 Å². The fourth-order valence-corrected chi connectivity index (χ4v) is 4.44. The summed E-state index contributed by atoms with van der Waals surface area (Å²) in [5.41, 5.74) is 0. The molecule has 1 atom stereocenters. The van der Waals surface area contributed by atoms with E-state index in [4.69, 9.17) is 4.74 Å². The van der Waals surface area contributed by atoms with E-state index in [0.717, 1.165) is 70.9 Å². The number of ether oxygens (including phenoxy) is 1. The van der Waals surface area contributed by atoms with Crippen molar-refractivity contribution in [2.24, 2.45) is 10.9 Å². The van der Waals surface area contributed by atoms with Crippen LogP contribution in [0.1, 0.15) is 26.7 Å². The third-order valence-corrected chi connectivity index (χ3v) is 6.20. The van der Waals surface area contributed by atoms with Gasteiger partial charge in [0.15, 0.2) is 5.96 Å². The molecule has 1 unspecified atom stereocenters.